The number of nitrogens with one attached hydrogen (secondary N) is 1. The van der Waals surface area contributed by atoms with Crippen molar-refractivity contribution >= 4 is 12.0 Å². The monoisotopic (exact) mass is 226 g/mol. The van der Waals surface area contributed by atoms with E-state index in [1.54, 1.807) is 6.92 Å². The fraction of sp³-hybridized carbons (Fsp3) is 0.636. The van der Waals surface area contributed by atoms with Gasteiger partial charge in [0.1, 0.15) is 6.04 Å². The predicted molar refractivity (Wildman–Crippen MR) is 60.9 cm³/mol. The van der Waals surface area contributed by atoms with Gasteiger partial charge >= 0.3 is 12.0 Å². The average molecular weight is 226 g/mol. The number of rotatable bonds is 5. The topological polar surface area (TPSA) is 69.6 Å². The lowest BCUT2D eigenvalue weighted by molar-refractivity contribution is -0.141. The van der Waals surface area contributed by atoms with Crippen LogP contribution in [0, 0.1) is 12.3 Å². The summed E-state index contributed by atoms with van der Waals surface area (Å²) in [5.74, 6) is 1.40. The molecular weight excluding hydrogens is 208 g/mol. The Morgan fingerprint density at radius 2 is 2.00 bits per heavy atom. The number of likely N-dealkylation sites (N-methyl/N-ethyl adjacent to an activating group) is 1. The van der Waals surface area contributed by atoms with Crippen LogP contribution < -0.4 is 5.32 Å². The molecule has 2 atom stereocenters. The molecule has 5 heteroatoms. The Morgan fingerprint density at radius 3 is 2.31 bits per heavy atom. The number of urea groups is 1. The van der Waals surface area contributed by atoms with Crippen LogP contribution >= 0.6 is 0 Å². The molecule has 0 saturated heterocycles. The summed E-state index contributed by atoms with van der Waals surface area (Å²) in [6, 6.07) is -1.64. The molecule has 0 fully saturated rings. The van der Waals surface area contributed by atoms with Gasteiger partial charge in [-0.05, 0) is 12.8 Å². The Balaban J connectivity index is 4.49. The zero-order valence-corrected chi connectivity index (χ0v) is 9.86. The van der Waals surface area contributed by atoms with Gasteiger partial charge in [0, 0.05) is 7.05 Å². The number of amides is 2. The van der Waals surface area contributed by atoms with E-state index in [0.717, 1.165) is 4.90 Å². The van der Waals surface area contributed by atoms with Crippen LogP contribution in [0.1, 0.15) is 26.7 Å². The van der Waals surface area contributed by atoms with Crippen molar-refractivity contribution in [3.8, 4) is 12.3 Å². The fourth-order valence-electron chi connectivity index (χ4n) is 1.27. The van der Waals surface area contributed by atoms with E-state index in [1.807, 2.05) is 6.92 Å². The molecule has 0 bridgehead atoms. The number of nitrogens with zero attached hydrogens (tertiary/aromatic N) is 1. The van der Waals surface area contributed by atoms with Crippen LogP contribution in [0.2, 0.25) is 0 Å². The number of terminal acetylenes is 1. The molecule has 2 unspecified atom stereocenters. The average Bonchev–Trinajstić information content (AvgIpc) is 2.25. The highest BCUT2D eigenvalue weighted by atomic mass is 16.4. The Hall–Kier alpha value is -1.70. The van der Waals surface area contributed by atoms with Gasteiger partial charge < -0.3 is 15.3 Å². The first-order valence-electron chi connectivity index (χ1n) is 5.20. The molecule has 0 radical (unpaired) electrons. The maximum atomic E-state index is 11.6. The molecule has 0 aliphatic rings. The second kappa shape index (κ2) is 6.72. The van der Waals surface area contributed by atoms with E-state index >= 15 is 0 Å². The van der Waals surface area contributed by atoms with Crippen LogP contribution in [0.3, 0.4) is 0 Å². The first-order valence-corrected chi connectivity index (χ1v) is 5.20. The number of aliphatic carboxylic acids is 1. The summed E-state index contributed by atoms with van der Waals surface area (Å²) in [6.07, 6.45) is 6.16. The quantitative estimate of drug-likeness (QED) is 0.684. The van der Waals surface area contributed by atoms with Crippen molar-refractivity contribution in [2.45, 2.75) is 38.8 Å². The van der Waals surface area contributed by atoms with E-state index in [0.29, 0.717) is 12.8 Å². The van der Waals surface area contributed by atoms with Crippen molar-refractivity contribution < 1.29 is 14.7 Å². The van der Waals surface area contributed by atoms with Crippen molar-refractivity contribution in [3.63, 3.8) is 0 Å². The standard InChI is InChI=1S/C11H18N2O3/c1-5-8(6-2)12-11(16)13(4)9(7-3)10(14)15/h1,8-9H,6-7H2,2-4H3,(H,12,16)(H,14,15). The maximum Gasteiger partial charge on any atom is 0.326 e. The predicted octanol–water partition coefficient (Wildman–Crippen LogP) is 0.903. The highest BCUT2D eigenvalue weighted by molar-refractivity contribution is 5.82. The normalized spacial score (nSPS) is 13.4. The van der Waals surface area contributed by atoms with Gasteiger partial charge in [0.05, 0.1) is 6.04 Å². The van der Waals surface area contributed by atoms with Crippen LogP contribution in [-0.2, 0) is 4.79 Å². The fourth-order valence-corrected chi connectivity index (χ4v) is 1.27. The summed E-state index contributed by atoms with van der Waals surface area (Å²) in [7, 11) is 1.45. The molecule has 0 spiro atoms. The lowest BCUT2D eigenvalue weighted by Gasteiger charge is -2.25. The van der Waals surface area contributed by atoms with Crippen LogP contribution in [0.5, 0.6) is 0 Å². The van der Waals surface area contributed by atoms with Gasteiger partial charge in [-0.2, -0.15) is 0 Å². The first-order chi connectivity index (χ1) is 7.47. The summed E-state index contributed by atoms with van der Waals surface area (Å²) in [4.78, 5) is 23.6. The molecule has 90 valence electrons. The second-order valence-corrected chi connectivity index (χ2v) is 3.45. The molecular formula is C11H18N2O3. The Kier molecular flexibility index (Phi) is 6.01. The highest BCUT2D eigenvalue weighted by Gasteiger charge is 2.25. The number of carboxylic acids is 1. The molecule has 0 rings (SSSR count). The Bertz CT molecular complexity index is 296. The van der Waals surface area contributed by atoms with E-state index in [-0.39, 0.29) is 6.04 Å². The van der Waals surface area contributed by atoms with E-state index in [2.05, 4.69) is 11.2 Å². The molecule has 2 N–H and O–H groups in total. The molecule has 0 aliphatic heterocycles. The number of hydrogen-bond acceptors (Lipinski definition) is 2. The number of carbonyl (C=O) groups is 2. The van der Waals surface area contributed by atoms with Gasteiger partial charge in [-0.1, -0.05) is 19.8 Å². The van der Waals surface area contributed by atoms with Crippen LogP contribution in [-0.4, -0.2) is 41.1 Å². The van der Waals surface area contributed by atoms with Gasteiger partial charge in [0.25, 0.3) is 0 Å². The van der Waals surface area contributed by atoms with Crippen LogP contribution in [0.4, 0.5) is 4.79 Å². The van der Waals surface area contributed by atoms with Gasteiger partial charge in [0.2, 0.25) is 0 Å². The zero-order valence-electron chi connectivity index (χ0n) is 9.86. The molecule has 0 aliphatic carbocycles. The first kappa shape index (κ1) is 14.3. The van der Waals surface area contributed by atoms with Crippen LogP contribution in [0.15, 0.2) is 0 Å². The van der Waals surface area contributed by atoms with Crippen molar-refractivity contribution in [2.24, 2.45) is 0 Å². The smallest absolute Gasteiger partial charge is 0.326 e. The molecule has 5 nitrogen and oxygen atoms in total. The van der Waals surface area contributed by atoms with E-state index in [9.17, 15) is 9.59 Å². The van der Waals surface area contributed by atoms with Gasteiger partial charge in [0.15, 0.2) is 0 Å². The number of carbonyl (C=O) groups excluding carboxylic acids is 1. The van der Waals surface area contributed by atoms with Crippen molar-refractivity contribution in [1.29, 1.82) is 0 Å². The molecule has 0 aromatic carbocycles. The zero-order chi connectivity index (χ0) is 12.7. The van der Waals surface area contributed by atoms with Gasteiger partial charge in [-0.3, -0.25) is 0 Å². The lowest BCUT2D eigenvalue weighted by Crippen LogP contribution is -2.49. The molecule has 0 heterocycles. The van der Waals surface area contributed by atoms with E-state index < -0.39 is 18.0 Å². The molecule has 0 aromatic rings. The summed E-state index contributed by atoms with van der Waals surface area (Å²) < 4.78 is 0. The van der Waals surface area contributed by atoms with Crippen molar-refractivity contribution in [1.82, 2.24) is 10.2 Å². The molecule has 16 heavy (non-hydrogen) atoms. The largest absolute Gasteiger partial charge is 0.480 e. The minimum absolute atomic E-state index is 0.353. The summed E-state index contributed by atoms with van der Waals surface area (Å²) in [6.45, 7) is 3.56. The summed E-state index contributed by atoms with van der Waals surface area (Å²) in [5.41, 5.74) is 0. The third-order valence-corrected chi connectivity index (χ3v) is 2.37. The molecule has 2 amide bonds. The highest BCUT2D eigenvalue weighted by Crippen LogP contribution is 2.03. The van der Waals surface area contributed by atoms with Crippen molar-refractivity contribution in [2.75, 3.05) is 7.05 Å². The summed E-state index contributed by atoms with van der Waals surface area (Å²) >= 11 is 0. The van der Waals surface area contributed by atoms with Gasteiger partial charge in [-0.25, -0.2) is 9.59 Å². The molecule has 0 aromatic heterocycles. The second-order valence-electron chi connectivity index (χ2n) is 3.45. The van der Waals surface area contributed by atoms with Crippen LogP contribution in [0.25, 0.3) is 0 Å². The Labute approximate surface area is 95.8 Å². The SMILES string of the molecule is C#CC(CC)NC(=O)N(C)C(CC)C(=O)O. The molecule has 0 saturated carbocycles. The number of hydrogen-bond donors (Lipinski definition) is 2. The van der Waals surface area contributed by atoms with E-state index in [4.69, 9.17) is 11.5 Å². The lowest BCUT2D eigenvalue weighted by atomic mass is 10.2. The maximum absolute atomic E-state index is 11.6. The van der Waals surface area contributed by atoms with E-state index in [1.165, 1.54) is 7.05 Å². The van der Waals surface area contributed by atoms with Gasteiger partial charge in [-0.15, -0.1) is 6.42 Å². The third kappa shape index (κ3) is 3.81. The number of carboxylic acid groups (broad SMARTS) is 1. The van der Waals surface area contributed by atoms with Crippen molar-refractivity contribution in [3.05, 3.63) is 0 Å². The minimum atomic E-state index is -1.02. The summed E-state index contributed by atoms with van der Waals surface area (Å²) in [5, 5.41) is 11.5. The third-order valence-electron chi connectivity index (χ3n) is 2.37. The Morgan fingerprint density at radius 1 is 1.44 bits per heavy atom. The minimum Gasteiger partial charge on any atom is -0.480 e.